The first-order valence-corrected chi connectivity index (χ1v) is 5.17. The van der Waals surface area contributed by atoms with Crippen LogP contribution in [0.25, 0.3) is 10.9 Å². The van der Waals surface area contributed by atoms with Gasteiger partial charge in [0.25, 0.3) is 0 Å². The fraction of sp³-hybridized carbons (Fsp3) is 0.100. The fourth-order valence-electron chi connectivity index (χ4n) is 1.27. The van der Waals surface area contributed by atoms with E-state index in [0.29, 0.717) is 10.8 Å². The molecule has 0 spiro atoms. The van der Waals surface area contributed by atoms with Crippen molar-refractivity contribution in [1.82, 2.24) is 4.98 Å². The van der Waals surface area contributed by atoms with E-state index in [0.717, 1.165) is 15.4 Å². The summed E-state index contributed by atoms with van der Waals surface area (Å²) in [6.45, 7) is 0. The molecule has 0 aliphatic rings. The van der Waals surface area contributed by atoms with Gasteiger partial charge in [0.2, 0.25) is 0 Å². The molecule has 2 nitrogen and oxygen atoms in total. The summed E-state index contributed by atoms with van der Waals surface area (Å²) in [5.41, 5.74) is 0.852. The van der Waals surface area contributed by atoms with Crippen LogP contribution in [0.2, 0.25) is 5.02 Å². The molecule has 2 rings (SSSR count). The van der Waals surface area contributed by atoms with Gasteiger partial charge in [0.1, 0.15) is 5.75 Å². The Labute approximate surface area is 95.0 Å². The van der Waals surface area contributed by atoms with E-state index in [-0.39, 0.29) is 0 Å². The number of benzene rings is 1. The van der Waals surface area contributed by atoms with Gasteiger partial charge < -0.3 is 4.74 Å². The second kappa shape index (κ2) is 3.75. The van der Waals surface area contributed by atoms with Gasteiger partial charge in [-0.2, -0.15) is 0 Å². The second-order valence-electron chi connectivity index (χ2n) is 2.80. The zero-order chi connectivity index (χ0) is 10.1. The van der Waals surface area contributed by atoms with E-state index in [1.54, 1.807) is 19.4 Å². The molecule has 4 heteroatoms. The van der Waals surface area contributed by atoms with Crippen LogP contribution < -0.4 is 4.74 Å². The van der Waals surface area contributed by atoms with E-state index < -0.39 is 0 Å². The molecule has 1 aromatic heterocycles. The monoisotopic (exact) mass is 271 g/mol. The van der Waals surface area contributed by atoms with E-state index in [2.05, 4.69) is 20.9 Å². The van der Waals surface area contributed by atoms with Gasteiger partial charge in [0, 0.05) is 16.1 Å². The Morgan fingerprint density at radius 3 is 2.93 bits per heavy atom. The van der Waals surface area contributed by atoms with Gasteiger partial charge in [0.15, 0.2) is 0 Å². The molecule has 0 fully saturated rings. The van der Waals surface area contributed by atoms with Crippen LogP contribution in [0, 0.1) is 0 Å². The van der Waals surface area contributed by atoms with Crippen LogP contribution in [0.3, 0.4) is 0 Å². The molecule has 0 saturated carbocycles. The van der Waals surface area contributed by atoms with Crippen LogP contribution in [0.5, 0.6) is 5.75 Å². The third-order valence-corrected chi connectivity index (χ3v) is 2.95. The molecule has 14 heavy (non-hydrogen) atoms. The predicted molar refractivity (Wildman–Crippen MR) is 61.0 cm³/mol. The average Bonchev–Trinajstić information content (AvgIpc) is 2.17. The molecule has 0 aliphatic carbocycles. The van der Waals surface area contributed by atoms with Gasteiger partial charge in [-0.05, 0) is 18.2 Å². The Morgan fingerprint density at radius 1 is 1.43 bits per heavy atom. The summed E-state index contributed by atoms with van der Waals surface area (Å²) in [7, 11) is 1.59. The first-order valence-electron chi connectivity index (χ1n) is 4.00. The molecule has 0 amide bonds. The van der Waals surface area contributed by atoms with Crippen molar-refractivity contribution in [3.8, 4) is 5.75 Å². The molecular formula is C10H7BrClNO. The zero-order valence-corrected chi connectivity index (χ0v) is 9.76. The summed E-state index contributed by atoms with van der Waals surface area (Å²) < 4.78 is 6.11. The molecule has 0 N–H and O–H groups in total. The predicted octanol–water partition coefficient (Wildman–Crippen LogP) is 3.66. The van der Waals surface area contributed by atoms with Crippen molar-refractivity contribution in [2.45, 2.75) is 0 Å². The summed E-state index contributed by atoms with van der Waals surface area (Å²) in [5.74, 6) is 0.660. The molecular weight excluding hydrogens is 265 g/mol. The van der Waals surface area contributed by atoms with Gasteiger partial charge >= 0.3 is 0 Å². The quantitative estimate of drug-likeness (QED) is 0.790. The van der Waals surface area contributed by atoms with Crippen LogP contribution in [0.1, 0.15) is 0 Å². The lowest BCUT2D eigenvalue weighted by atomic mass is 10.2. The summed E-state index contributed by atoms with van der Waals surface area (Å²) in [5, 5.41) is 1.57. The molecule has 72 valence electrons. The van der Waals surface area contributed by atoms with Crippen molar-refractivity contribution in [3.05, 3.63) is 33.9 Å². The Balaban J connectivity index is 2.80. The highest BCUT2D eigenvalue weighted by atomic mass is 79.9. The molecule has 0 atom stereocenters. The maximum absolute atomic E-state index is 5.98. The number of fused-ring (bicyclic) bond motifs is 1. The highest BCUT2D eigenvalue weighted by molar-refractivity contribution is 9.10. The third-order valence-electron chi connectivity index (χ3n) is 1.96. The van der Waals surface area contributed by atoms with Gasteiger partial charge in [0.05, 0.1) is 17.6 Å². The van der Waals surface area contributed by atoms with E-state index in [4.69, 9.17) is 16.3 Å². The second-order valence-corrected chi connectivity index (χ2v) is 4.06. The normalized spacial score (nSPS) is 10.5. The number of ether oxygens (including phenoxy) is 1. The largest absolute Gasteiger partial charge is 0.495 e. The van der Waals surface area contributed by atoms with Crippen LogP contribution >= 0.6 is 27.5 Å². The number of pyridine rings is 1. The minimum Gasteiger partial charge on any atom is -0.495 e. The SMILES string of the molecule is COc1cc2c(Br)ccnc2cc1Cl. The minimum atomic E-state index is 0.575. The molecule has 0 bridgehead atoms. The number of halogens is 2. The molecule has 2 aromatic rings. The standard InChI is InChI=1S/C10H7BrClNO/c1-14-10-4-6-7(11)2-3-13-9(6)5-8(10)12/h2-5H,1H3. The Hall–Kier alpha value is -0.800. The summed E-state index contributed by atoms with van der Waals surface area (Å²) in [6, 6.07) is 5.55. The lowest BCUT2D eigenvalue weighted by molar-refractivity contribution is 0.415. The zero-order valence-electron chi connectivity index (χ0n) is 7.42. The average molecular weight is 273 g/mol. The summed E-state index contributed by atoms with van der Waals surface area (Å²) in [6.07, 6.45) is 1.73. The van der Waals surface area contributed by atoms with Crippen LogP contribution in [-0.2, 0) is 0 Å². The molecule has 0 saturated heterocycles. The summed E-state index contributed by atoms with van der Waals surface area (Å²) in [4.78, 5) is 4.21. The number of aromatic nitrogens is 1. The van der Waals surface area contributed by atoms with Crippen LogP contribution in [0.15, 0.2) is 28.9 Å². The third kappa shape index (κ3) is 1.57. The van der Waals surface area contributed by atoms with E-state index in [1.165, 1.54) is 0 Å². The summed E-state index contributed by atoms with van der Waals surface area (Å²) >= 11 is 9.42. The number of methoxy groups -OCH3 is 1. The lowest BCUT2D eigenvalue weighted by Gasteiger charge is -2.05. The maximum atomic E-state index is 5.98. The van der Waals surface area contributed by atoms with Crippen molar-refractivity contribution < 1.29 is 4.74 Å². The molecule has 0 radical (unpaired) electrons. The van der Waals surface area contributed by atoms with E-state index in [1.807, 2.05) is 12.1 Å². The Morgan fingerprint density at radius 2 is 2.21 bits per heavy atom. The molecule has 0 unspecified atom stereocenters. The smallest absolute Gasteiger partial charge is 0.138 e. The lowest BCUT2D eigenvalue weighted by Crippen LogP contribution is -1.86. The van der Waals surface area contributed by atoms with Crippen molar-refractivity contribution in [3.63, 3.8) is 0 Å². The molecule has 1 heterocycles. The topological polar surface area (TPSA) is 22.1 Å². The van der Waals surface area contributed by atoms with Crippen molar-refractivity contribution in [1.29, 1.82) is 0 Å². The number of nitrogens with zero attached hydrogens (tertiary/aromatic N) is 1. The van der Waals surface area contributed by atoms with Crippen LogP contribution in [0.4, 0.5) is 0 Å². The molecule has 0 aliphatic heterocycles. The first kappa shape index (κ1) is 9.74. The van der Waals surface area contributed by atoms with E-state index in [9.17, 15) is 0 Å². The van der Waals surface area contributed by atoms with Crippen molar-refractivity contribution in [2.24, 2.45) is 0 Å². The molecule has 1 aromatic carbocycles. The Bertz CT molecular complexity index is 487. The van der Waals surface area contributed by atoms with Gasteiger partial charge in [-0.3, -0.25) is 4.98 Å². The highest BCUT2D eigenvalue weighted by Gasteiger charge is 2.05. The van der Waals surface area contributed by atoms with Crippen LogP contribution in [-0.4, -0.2) is 12.1 Å². The number of rotatable bonds is 1. The van der Waals surface area contributed by atoms with Gasteiger partial charge in [-0.1, -0.05) is 27.5 Å². The van der Waals surface area contributed by atoms with Crippen molar-refractivity contribution in [2.75, 3.05) is 7.11 Å². The first-order chi connectivity index (χ1) is 6.72. The minimum absolute atomic E-state index is 0.575. The number of hydrogen-bond acceptors (Lipinski definition) is 2. The van der Waals surface area contributed by atoms with Gasteiger partial charge in [-0.25, -0.2) is 0 Å². The highest BCUT2D eigenvalue weighted by Crippen LogP contribution is 2.32. The fourth-order valence-corrected chi connectivity index (χ4v) is 1.94. The van der Waals surface area contributed by atoms with E-state index >= 15 is 0 Å². The maximum Gasteiger partial charge on any atom is 0.138 e. The van der Waals surface area contributed by atoms with Crippen molar-refractivity contribution >= 4 is 38.4 Å². The number of hydrogen-bond donors (Lipinski definition) is 0. The van der Waals surface area contributed by atoms with Gasteiger partial charge in [-0.15, -0.1) is 0 Å². The Kier molecular flexibility index (Phi) is 2.61.